The van der Waals surface area contributed by atoms with Crippen LogP contribution in [0.15, 0.2) is 23.1 Å². The summed E-state index contributed by atoms with van der Waals surface area (Å²) >= 11 is 0. The summed E-state index contributed by atoms with van der Waals surface area (Å²) in [6, 6.07) is 3.88. The average molecular weight is 286 g/mol. The van der Waals surface area contributed by atoms with Crippen LogP contribution in [-0.4, -0.2) is 26.9 Å². The highest BCUT2D eigenvalue weighted by Gasteiger charge is 2.21. The zero-order valence-electron chi connectivity index (χ0n) is 11.1. The molecule has 1 atom stereocenters. The molecule has 0 spiro atoms. The van der Waals surface area contributed by atoms with Gasteiger partial charge in [-0.05, 0) is 50.3 Å². The largest absolute Gasteiger partial charge is 0.378 e. The predicted molar refractivity (Wildman–Crippen MR) is 71.4 cm³/mol. The van der Waals surface area contributed by atoms with Crippen molar-refractivity contribution in [2.24, 2.45) is 0 Å². The fourth-order valence-electron chi connectivity index (χ4n) is 2.34. The van der Waals surface area contributed by atoms with Gasteiger partial charge in [0.2, 0.25) is 0 Å². The summed E-state index contributed by atoms with van der Waals surface area (Å²) < 4.78 is 43.2. The highest BCUT2D eigenvalue weighted by atomic mass is 32.2. The Morgan fingerprint density at radius 2 is 2.16 bits per heavy atom. The lowest BCUT2D eigenvalue weighted by Gasteiger charge is -2.22. The van der Waals surface area contributed by atoms with Crippen molar-refractivity contribution in [1.29, 1.82) is 0 Å². The van der Waals surface area contributed by atoms with E-state index in [4.69, 9.17) is 4.74 Å². The van der Waals surface area contributed by atoms with Crippen LogP contribution in [0.5, 0.6) is 0 Å². The predicted octanol–water partition coefficient (Wildman–Crippen LogP) is 2.87. The summed E-state index contributed by atoms with van der Waals surface area (Å²) in [5.74, 6) is -0.500. The van der Waals surface area contributed by atoms with E-state index in [1.807, 2.05) is 0 Å². The number of benzene rings is 1. The third-order valence-electron chi connectivity index (χ3n) is 3.47. The normalized spacial score (nSPS) is 20.4. The van der Waals surface area contributed by atoms with Crippen molar-refractivity contribution in [1.82, 2.24) is 0 Å². The topological polar surface area (TPSA) is 43.4 Å². The molecule has 1 heterocycles. The van der Waals surface area contributed by atoms with Gasteiger partial charge in [-0.2, -0.15) is 0 Å². The van der Waals surface area contributed by atoms with Crippen LogP contribution in [0.4, 0.5) is 4.39 Å². The summed E-state index contributed by atoms with van der Waals surface area (Å²) in [5, 5.41) is 0. The van der Waals surface area contributed by atoms with Crippen molar-refractivity contribution in [2.75, 3.05) is 12.4 Å². The van der Waals surface area contributed by atoms with Crippen LogP contribution < -0.4 is 0 Å². The van der Waals surface area contributed by atoms with Gasteiger partial charge in [0.25, 0.3) is 0 Å². The number of aryl methyl sites for hydroxylation is 1. The van der Waals surface area contributed by atoms with Gasteiger partial charge >= 0.3 is 0 Å². The third-order valence-corrected chi connectivity index (χ3v) is 5.35. The first-order chi connectivity index (χ1) is 8.99. The fraction of sp³-hybridized carbons (Fsp3) is 0.571. The monoisotopic (exact) mass is 286 g/mol. The van der Waals surface area contributed by atoms with Gasteiger partial charge in [0, 0.05) is 6.61 Å². The molecule has 1 aliphatic heterocycles. The molecule has 5 heteroatoms. The van der Waals surface area contributed by atoms with Gasteiger partial charge in [-0.15, -0.1) is 0 Å². The van der Waals surface area contributed by atoms with Crippen LogP contribution in [0.1, 0.15) is 31.2 Å². The molecular formula is C14H19FO3S. The van der Waals surface area contributed by atoms with E-state index in [2.05, 4.69) is 0 Å². The maximum Gasteiger partial charge on any atom is 0.178 e. The summed E-state index contributed by atoms with van der Waals surface area (Å²) in [5.41, 5.74) is 0.589. The summed E-state index contributed by atoms with van der Waals surface area (Å²) in [6.45, 7) is 2.40. The zero-order chi connectivity index (χ0) is 13.9. The van der Waals surface area contributed by atoms with E-state index in [9.17, 15) is 12.8 Å². The molecule has 1 aromatic carbocycles. The number of halogens is 1. The van der Waals surface area contributed by atoms with Gasteiger partial charge in [0.15, 0.2) is 9.84 Å². The second kappa shape index (κ2) is 6.01. The van der Waals surface area contributed by atoms with Crippen LogP contribution >= 0.6 is 0 Å². The highest BCUT2D eigenvalue weighted by molar-refractivity contribution is 7.91. The Hall–Kier alpha value is -0.940. The maximum absolute atomic E-state index is 13.2. The van der Waals surface area contributed by atoms with Crippen LogP contribution in [0.25, 0.3) is 0 Å². The van der Waals surface area contributed by atoms with E-state index >= 15 is 0 Å². The lowest BCUT2D eigenvalue weighted by Crippen LogP contribution is -2.22. The van der Waals surface area contributed by atoms with Gasteiger partial charge < -0.3 is 4.74 Å². The van der Waals surface area contributed by atoms with Crippen molar-refractivity contribution in [3.63, 3.8) is 0 Å². The second-order valence-electron chi connectivity index (χ2n) is 5.01. The van der Waals surface area contributed by atoms with Crippen molar-refractivity contribution in [3.05, 3.63) is 29.6 Å². The number of hydrogen-bond donors (Lipinski definition) is 0. The van der Waals surface area contributed by atoms with Gasteiger partial charge in [-0.3, -0.25) is 0 Å². The Bertz CT molecular complexity index is 534. The van der Waals surface area contributed by atoms with Crippen molar-refractivity contribution in [3.8, 4) is 0 Å². The molecule has 1 aliphatic rings. The molecular weight excluding hydrogens is 267 g/mol. The molecule has 0 saturated carbocycles. The van der Waals surface area contributed by atoms with E-state index in [0.29, 0.717) is 18.6 Å². The standard InChI is InChI=1S/C14H19FO3S/c1-11-5-6-12(15)10-14(11)19(16,17)9-7-13-4-2-3-8-18-13/h5-6,10,13H,2-4,7-9H2,1H3. The first-order valence-corrected chi connectivity index (χ1v) is 8.25. The summed E-state index contributed by atoms with van der Waals surface area (Å²) in [7, 11) is -3.43. The molecule has 1 saturated heterocycles. The number of ether oxygens (including phenoxy) is 1. The van der Waals surface area contributed by atoms with E-state index in [0.717, 1.165) is 25.3 Å². The lowest BCUT2D eigenvalue weighted by atomic mass is 10.1. The van der Waals surface area contributed by atoms with Crippen molar-refractivity contribution >= 4 is 9.84 Å². The summed E-state index contributed by atoms with van der Waals surface area (Å²) in [6.07, 6.45) is 3.56. The van der Waals surface area contributed by atoms with Crippen LogP contribution in [0.2, 0.25) is 0 Å². The minimum absolute atomic E-state index is 0.0158. The molecule has 0 aliphatic carbocycles. The lowest BCUT2D eigenvalue weighted by molar-refractivity contribution is 0.0147. The Morgan fingerprint density at radius 1 is 1.37 bits per heavy atom. The van der Waals surface area contributed by atoms with E-state index in [1.165, 1.54) is 12.1 Å². The number of rotatable bonds is 4. The number of hydrogen-bond acceptors (Lipinski definition) is 3. The molecule has 0 aromatic heterocycles. The third kappa shape index (κ3) is 3.76. The van der Waals surface area contributed by atoms with E-state index in [-0.39, 0.29) is 16.8 Å². The molecule has 1 fully saturated rings. The van der Waals surface area contributed by atoms with Gasteiger partial charge in [0.1, 0.15) is 5.82 Å². The molecule has 1 aromatic rings. The first-order valence-electron chi connectivity index (χ1n) is 6.59. The van der Waals surface area contributed by atoms with Crippen LogP contribution in [0, 0.1) is 12.7 Å². The van der Waals surface area contributed by atoms with Crippen LogP contribution in [0.3, 0.4) is 0 Å². The summed E-state index contributed by atoms with van der Waals surface area (Å²) in [4.78, 5) is 0.100. The van der Waals surface area contributed by atoms with Gasteiger partial charge in [0.05, 0.1) is 16.8 Å². The molecule has 0 amide bonds. The van der Waals surface area contributed by atoms with Gasteiger partial charge in [-0.1, -0.05) is 6.07 Å². The van der Waals surface area contributed by atoms with E-state index < -0.39 is 15.7 Å². The Labute approximate surface area is 113 Å². The minimum atomic E-state index is -3.43. The number of sulfone groups is 1. The fourth-order valence-corrected chi connectivity index (χ4v) is 3.98. The highest BCUT2D eigenvalue weighted by Crippen LogP contribution is 2.21. The molecule has 106 valence electrons. The Balaban J connectivity index is 2.07. The Morgan fingerprint density at radius 3 is 2.84 bits per heavy atom. The smallest absolute Gasteiger partial charge is 0.178 e. The Kier molecular flexibility index (Phi) is 4.58. The molecule has 19 heavy (non-hydrogen) atoms. The van der Waals surface area contributed by atoms with Crippen molar-refractivity contribution < 1.29 is 17.5 Å². The maximum atomic E-state index is 13.2. The van der Waals surface area contributed by atoms with E-state index in [1.54, 1.807) is 6.92 Å². The molecule has 0 radical (unpaired) electrons. The molecule has 1 unspecified atom stereocenters. The quantitative estimate of drug-likeness (QED) is 0.855. The van der Waals surface area contributed by atoms with Crippen molar-refractivity contribution in [2.45, 2.75) is 43.6 Å². The second-order valence-corrected chi connectivity index (χ2v) is 7.08. The zero-order valence-corrected chi connectivity index (χ0v) is 11.9. The molecule has 2 rings (SSSR count). The van der Waals surface area contributed by atoms with Crippen LogP contribution in [-0.2, 0) is 14.6 Å². The molecule has 3 nitrogen and oxygen atoms in total. The molecule has 0 N–H and O–H groups in total. The first kappa shape index (κ1) is 14.5. The molecule has 0 bridgehead atoms. The van der Waals surface area contributed by atoms with Gasteiger partial charge in [-0.25, -0.2) is 12.8 Å². The average Bonchev–Trinajstić information content (AvgIpc) is 2.40. The SMILES string of the molecule is Cc1ccc(F)cc1S(=O)(=O)CCC1CCCCO1. The minimum Gasteiger partial charge on any atom is -0.378 e.